The fraction of sp³-hybridized carbons (Fsp3) is 0.111. The maximum atomic E-state index is 8.56. The van der Waals surface area contributed by atoms with Crippen LogP contribution in [0.4, 0.5) is 38.4 Å². The summed E-state index contributed by atoms with van der Waals surface area (Å²) in [6, 6.07) is 0. The lowest BCUT2D eigenvalue weighted by molar-refractivity contribution is 0.135. The van der Waals surface area contributed by atoms with Gasteiger partial charge in [-0.2, -0.15) is 0 Å². The lowest BCUT2D eigenvalue weighted by Crippen LogP contribution is -1.81. The molecule has 200 valence electrons. The highest BCUT2D eigenvalue weighted by Gasteiger charge is 1.72. The Morgan fingerprint density at radius 1 is 0.212 bits per heavy atom. The van der Waals surface area contributed by atoms with E-state index < -0.39 is 49.2 Å². The van der Waals surface area contributed by atoms with Crippen LogP contribution in [0.15, 0.2) is 0 Å². The van der Waals surface area contributed by atoms with E-state index in [-0.39, 0.29) is 7.43 Å². The molecule has 0 aromatic carbocycles. The van der Waals surface area contributed by atoms with E-state index >= 15 is 0 Å². The van der Waals surface area contributed by atoms with Crippen molar-refractivity contribution in [3.8, 4) is 0 Å². The van der Waals surface area contributed by atoms with Crippen LogP contribution in [0.2, 0.25) is 0 Å². The average Bonchev–Trinajstić information content (AvgIpc) is 2.30. The first kappa shape index (κ1) is 56.4. The SMILES string of the molecule is C.O=C(O)O.O=C(O)O.O=C(O)O.O=C(O)O.O=C(O)O.O=C(O)O.O=C(O)O.O=C(O)O. The normalized spacial score (nSPS) is 5.82. The molecule has 0 atom stereocenters. The molecule has 0 bridgehead atoms. The average molecular weight is 512 g/mol. The summed E-state index contributed by atoms with van der Waals surface area (Å²) in [5, 5.41) is 112. The van der Waals surface area contributed by atoms with Crippen molar-refractivity contribution in [2.75, 3.05) is 0 Å². The summed E-state index contributed by atoms with van der Waals surface area (Å²) in [5.41, 5.74) is 0. The largest absolute Gasteiger partial charge is 0.503 e. The van der Waals surface area contributed by atoms with Crippen LogP contribution in [0.3, 0.4) is 0 Å². The second-order valence-corrected chi connectivity index (χ2v) is 2.26. The molecule has 0 fully saturated rings. The van der Waals surface area contributed by atoms with Gasteiger partial charge in [-0.15, -0.1) is 0 Å². The molecule has 0 unspecified atom stereocenters. The van der Waals surface area contributed by atoms with Crippen molar-refractivity contribution in [2.45, 2.75) is 7.43 Å². The number of hydrogen-bond acceptors (Lipinski definition) is 8. The van der Waals surface area contributed by atoms with Crippen molar-refractivity contribution in [3.63, 3.8) is 0 Å². The second-order valence-electron chi connectivity index (χ2n) is 2.26. The molecule has 0 aliphatic heterocycles. The third kappa shape index (κ3) is 448. The van der Waals surface area contributed by atoms with Gasteiger partial charge in [0, 0.05) is 0 Å². The Morgan fingerprint density at radius 3 is 0.212 bits per heavy atom. The number of carbonyl (C=O) groups is 8. The van der Waals surface area contributed by atoms with Gasteiger partial charge in [0.05, 0.1) is 0 Å². The second kappa shape index (κ2) is 50.2. The summed E-state index contributed by atoms with van der Waals surface area (Å²) in [7, 11) is 0. The molecule has 0 amide bonds. The molecule has 0 aliphatic carbocycles. The van der Waals surface area contributed by atoms with Crippen molar-refractivity contribution in [1.82, 2.24) is 0 Å². The topological polar surface area (TPSA) is 460 Å². The minimum Gasteiger partial charge on any atom is -0.450 e. The molecular formula is C9H20O24. The molecule has 0 saturated heterocycles. The van der Waals surface area contributed by atoms with Crippen molar-refractivity contribution >= 4 is 49.2 Å². The minimum absolute atomic E-state index is 0. The van der Waals surface area contributed by atoms with Crippen LogP contribution in [-0.2, 0) is 0 Å². The van der Waals surface area contributed by atoms with E-state index in [9.17, 15) is 0 Å². The summed E-state index contributed by atoms with van der Waals surface area (Å²) in [6.07, 6.45) is -14.7. The maximum Gasteiger partial charge on any atom is 0.503 e. The Bertz CT molecular complexity index is 356. The number of carboxylic acid groups (broad SMARTS) is 16. The van der Waals surface area contributed by atoms with E-state index in [1.165, 1.54) is 0 Å². The lowest BCUT2D eigenvalue weighted by atomic mass is 11.5. The summed E-state index contributed by atoms with van der Waals surface area (Å²) in [5.74, 6) is 0. The predicted octanol–water partition coefficient (Wildman–Crippen LogP) is 2.42. The molecule has 0 heterocycles. The molecule has 0 aromatic heterocycles. The lowest BCUT2D eigenvalue weighted by Gasteiger charge is -1.60. The van der Waals surface area contributed by atoms with Gasteiger partial charge in [-0.1, -0.05) is 7.43 Å². The summed E-state index contributed by atoms with van der Waals surface area (Å²) in [4.78, 5) is 68.4. The number of rotatable bonds is 0. The van der Waals surface area contributed by atoms with Crippen LogP contribution >= 0.6 is 0 Å². The van der Waals surface area contributed by atoms with Gasteiger partial charge in [-0.25, -0.2) is 38.4 Å². The molecule has 0 aliphatic rings. The molecule has 0 rings (SSSR count). The fourth-order valence-electron chi connectivity index (χ4n) is 0. The Morgan fingerprint density at radius 2 is 0.212 bits per heavy atom. The zero-order chi connectivity index (χ0) is 28.6. The monoisotopic (exact) mass is 512 g/mol. The Labute approximate surface area is 178 Å². The molecule has 0 saturated carbocycles. The van der Waals surface area contributed by atoms with Crippen molar-refractivity contribution < 1.29 is 120 Å². The van der Waals surface area contributed by atoms with Gasteiger partial charge >= 0.3 is 49.2 Å². The molecule has 0 aromatic rings. The van der Waals surface area contributed by atoms with Crippen LogP contribution in [0, 0.1) is 0 Å². The van der Waals surface area contributed by atoms with Crippen molar-refractivity contribution in [1.29, 1.82) is 0 Å². The van der Waals surface area contributed by atoms with Crippen molar-refractivity contribution in [3.05, 3.63) is 0 Å². The summed E-state index contributed by atoms with van der Waals surface area (Å²) in [6.45, 7) is 0. The predicted molar refractivity (Wildman–Crippen MR) is 92.0 cm³/mol. The van der Waals surface area contributed by atoms with Crippen molar-refractivity contribution in [2.24, 2.45) is 0 Å². The van der Waals surface area contributed by atoms with Crippen LogP contribution in [0.25, 0.3) is 0 Å². The van der Waals surface area contributed by atoms with E-state index in [1.54, 1.807) is 0 Å². The van der Waals surface area contributed by atoms with E-state index in [1.807, 2.05) is 0 Å². The van der Waals surface area contributed by atoms with Gasteiger partial charge in [0.1, 0.15) is 0 Å². The first-order chi connectivity index (χ1) is 13.9. The Hall–Kier alpha value is -5.84. The van der Waals surface area contributed by atoms with Gasteiger partial charge in [-0.3, -0.25) is 0 Å². The molecule has 24 nitrogen and oxygen atoms in total. The molecule has 33 heavy (non-hydrogen) atoms. The van der Waals surface area contributed by atoms with E-state index in [2.05, 4.69) is 0 Å². The van der Waals surface area contributed by atoms with Crippen LogP contribution < -0.4 is 0 Å². The minimum atomic E-state index is -1.83. The quantitative estimate of drug-likeness (QED) is 0.221. The highest BCUT2D eigenvalue weighted by Crippen LogP contribution is 1.45. The standard InChI is InChI=1S/8CH2O3.CH4/c8*2-1(3)4;/h8*(H2,2,3,4);1H4. The number of hydrogen-bond donors (Lipinski definition) is 16. The Balaban J connectivity index is -0.0000000284. The highest BCUT2D eigenvalue weighted by atomic mass is 16.6. The maximum absolute atomic E-state index is 8.56. The van der Waals surface area contributed by atoms with Crippen LogP contribution in [-0.4, -0.2) is 131 Å². The van der Waals surface area contributed by atoms with E-state index in [4.69, 9.17) is 120 Å². The van der Waals surface area contributed by atoms with Gasteiger partial charge in [-0.05, 0) is 0 Å². The van der Waals surface area contributed by atoms with Gasteiger partial charge in [0.25, 0.3) is 0 Å². The Kier molecular flexibility index (Phi) is 85.8. The first-order valence-electron chi connectivity index (χ1n) is 5.21. The third-order valence-corrected chi connectivity index (χ3v) is 0. The molecule has 16 N–H and O–H groups in total. The first-order valence-corrected chi connectivity index (χ1v) is 5.21. The summed E-state index contributed by atoms with van der Waals surface area (Å²) >= 11 is 0. The van der Waals surface area contributed by atoms with Crippen LogP contribution in [0.5, 0.6) is 0 Å². The van der Waals surface area contributed by atoms with Gasteiger partial charge < -0.3 is 81.7 Å². The highest BCUT2D eigenvalue weighted by molar-refractivity contribution is 5.54. The molecule has 0 radical (unpaired) electrons. The third-order valence-electron chi connectivity index (χ3n) is 0. The molecule has 0 spiro atoms. The zero-order valence-electron chi connectivity index (χ0n) is 14.4. The van der Waals surface area contributed by atoms with Crippen LogP contribution in [0.1, 0.15) is 7.43 Å². The summed E-state index contributed by atoms with van der Waals surface area (Å²) < 4.78 is 0. The molecular weight excluding hydrogens is 492 g/mol. The fourth-order valence-corrected chi connectivity index (χ4v) is 0. The zero-order valence-corrected chi connectivity index (χ0v) is 14.4. The van der Waals surface area contributed by atoms with E-state index in [0.717, 1.165) is 0 Å². The van der Waals surface area contributed by atoms with Gasteiger partial charge in [0.2, 0.25) is 0 Å². The smallest absolute Gasteiger partial charge is 0.450 e. The van der Waals surface area contributed by atoms with E-state index in [0.29, 0.717) is 0 Å². The molecule has 24 heteroatoms. The van der Waals surface area contributed by atoms with Gasteiger partial charge in [0.15, 0.2) is 0 Å².